The van der Waals surface area contributed by atoms with Gasteiger partial charge in [-0.05, 0) is 13.8 Å². The van der Waals surface area contributed by atoms with E-state index in [1.165, 1.54) is 13.8 Å². The number of nitriles is 1. The van der Waals surface area contributed by atoms with Crippen LogP contribution >= 0.6 is 0 Å². The first-order valence-electron chi connectivity index (χ1n) is 3.73. The lowest BCUT2D eigenvalue weighted by Crippen LogP contribution is -2.48. The summed E-state index contributed by atoms with van der Waals surface area (Å²) in [6.07, 6.45) is 0. The van der Waals surface area contributed by atoms with E-state index in [9.17, 15) is 9.59 Å². The lowest BCUT2D eigenvalue weighted by molar-refractivity contribution is -0.119. The van der Waals surface area contributed by atoms with Crippen LogP contribution in [0.15, 0.2) is 0 Å². The van der Waals surface area contributed by atoms with Crippen LogP contribution in [0, 0.1) is 11.3 Å². The maximum absolute atomic E-state index is 10.9. The van der Waals surface area contributed by atoms with Gasteiger partial charge in [-0.25, -0.2) is 4.79 Å². The SMILES string of the molecule is C[C@@H](C#N)NC(=O)N[C@H](C)C(N)=O. The van der Waals surface area contributed by atoms with Crippen molar-refractivity contribution in [2.75, 3.05) is 0 Å². The molecule has 6 heteroatoms. The van der Waals surface area contributed by atoms with Crippen LogP contribution in [0.2, 0.25) is 0 Å². The van der Waals surface area contributed by atoms with Crippen LogP contribution < -0.4 is 16.4 Å². The van der Waals surface area contributed by atoms with E-state index in [1.54, 1.807) is 0 Å². The summed E-state index contributed by atoms with van der Waals surface area (Å²) in [7, 11) is 0. The molecule has 4 N–H and O–H groups in total. The smallest absolute Gasteiger partial charge is 0.316 e. The Labute approximate surface area is 76.1 Å². The zero-order valence-corrected chi connectivity index (χ0v) is 7.50. The molecule has 0 aliphatic rings. The van der Waals surface area contributed by atoms with Crippen molar-refractivity contribution >= 4 is 11.9 Å². The standard InChI is InChI=1S/C7H12N4O2/c1-4(3-8)10-7(13)11-5(2)6(9)12/h4-5H,1-2H3,(H2,9,12)(H2,10,11,13)/t4-,5+/m0/s1. The molecule has 2 atom stereocenters. The molecule has 0 saturated heterocycles. The molecular formula is C7H12N4O2. The van der Waals surface area contributed by atoms with Gasteiger partial charge in [0.05, 0.1) is 6.07 Å². The molecule has 0 aliphatic carbocycles. The van der Waals surface area contributed by atoms with Crippen molar-refractivity contribution in [3.8, 4) is 6.07 Å². The molecule has 13 heavy (non-hydrogen) atoms. The fourth-order valence-corrected chi connectivity index (χ4v) is 0.538. The van der Waals surface area contributed by atoms with Gasteiger partial charge in [0.1, 0.15) is 12.1 Å². The second kappa shape index (κ2) is 4.98. The van der Waals surface area contributed by atoms with Gasteiger partial charge in [0.15, 0.2) is 0 Å². The summed E-state index contributed by atoms with van der Waals surface area (Å²) < 4.78 is 0. The van der Waals surface area contributed by atoms with Crippen LogP contribution in [0.4, 0.5) is 4.79 Å². The van der Waals surface area contributed by atoms with Crippen LogP contribution in [0.1, 0.15) is 13.8 Å². The third kappa shape index (κ3) is 4.63. The van der Waals surface area contributed by atoms with Gasteiger partial charge in [0.2, 0.25) is 5.91 Å². The Morgan fingerprint density at radius 2 is 1.92 bits per heavy atom. The van der Waals surface area contributed by atoms with Crippen molar-refractivity contribution < 1.29 is 9.59 Å². The number of primary amides is 1. The van der Waals surface area contributed by atoms with E-state index in [-0.39, 0.29) is 0 Å². The van der Waals surface area contributed by atoms with Crippen LogP contribution in [0.3, 0.4) is 0 Å². The molecule has 0 fully saturated rings. The fourth-order valence-electron chi connectivity index (χ4n) is 0.538. The van der Waals surface area contributed by atoms with Crippen molar-refractivity contribution in [1.29, 1.82) is 5.26 Å². The number of hydrogen-bond acceptors (Lipinski definition) is 3. The third-order valence-electron chi connectivity index (χ3n) is 1.32. The summed E-state index contributed by atoms with van der Waals surface area (Å²) in [6.45, 7) is 2.98. The van der Waals surface area contributed by atoms with Crippen molar-refractivity contribution in [3.05, 3.63) is 0 Å². The van der Waals surface area contributed by atoms with Gasteiger partial charge in [0, 0.05) is 0 Å². The number of nitrogens with one attached hydrogen (secondary N) is 2. The molecule has 0 rings (SSSR count). The van der Waals surface area contributed by atoms with Crippen molar-refractivity contribution in [3.63, 3.8) is 0 Å². The Kier molecular flexibility index (Phi) is 4.30. The summed E-state index contributed by atoms with van der Waals surface area (Å²) in [5.41, 5.74) is 4.90. The van der Waals surface area contributed by atoms with Crippen molar-refractivity contribution in [2.24, 2.45) is 5.73 Å². The maximum atomic E-state index is 10.9. The Bertz CT molecular complexity index is 245. The molecule has 0 aromatic rings. The molecule has 0 heterocycles. The van der Waals surface area contributed by atoms with Crippen LogP contribution in [0.25, 0.3) is 0 Å². The highest BCUT2D eigenvalue weighted by atomic mass is 16.2. The van der Waals surface area contributed by atoms with E-state index >= 15 is 0 Å². The minimum absolute atomic E-state index is 0.583. The second-order valence-electron chi connectivity index (χ2n) is 2.59. The molecule has 3 amide bonds. The third-order valence-corrected chi connectivity index (χ3v) is 1.32. The molecule has 0 bridgehead atoms. The first kappa shape index (κ1) is 11.2. The van der Waals surface area contributed by atoms with Gasteiger partial charge in [-0.1, -0.05) is 0 Å². The number of rotatable bonds is 3. The van der Waals surface area contributed by atoms with E-state index in [1.807, 2.05) is 6.07 Å². The molecule has 0 unspecified atom stereocenters. The second-order valence-corrected chi connectivity index (χ2v) is 2.59. The van der Waals surface area contributed by atoms with Gasteiger partial charge >= 0.3 is 6.03 Å². The quantitative estimate of drug-likeness (QED) is 0.527. The Morgan fingerprint density at radius 3 is 2.31 bits per heavy atom. The van der Waals surface area contributed by atoms with E-state index < -0.39 is 24.0 Å². The summed E-state index contributed by atoms with van der Waals surface area (Å²) in [6, 6.07) is -0.115. The Balaban J connectivity index is 3.89. The predicted octanol–water partition coefficient (Wildman–Crippen LogP) is -0.929. The average Bonchev–Trinajstić information content (AvgIpc) is 2.03. The monoisotopic (exact) mass is 184 g/mol. The summed E-state index contributed by atoms with van der Waals surface area (Å²) >= 11 is 0. The number of nitrogens with zero attached hydrogens (tertiary/aromatic N) is 1. The minimum atomic E-state index is -0.745. The first-order chi connectivity index (χ1) is 5.97. The van der Waals surface area contributed by atoms with E-state index in [0.29, 0.717) is 0 Å². The lowest BCUT2D eigenvalue weighted by Gasteiger charge is -2.11. The fraction of sp³-hybridized carbons (Fsp3) is 0.571. The van der Waals surface area contributed by atoms with Gasteiger partial charge < -0.3 is 16.4 Å². The zero-order chi connectivity index (χ0) is 10.4. The molecule has 6 nitrogen and oxygen atoms in total. The summed E-state index contributed by atoms with van der Waals surface area (Å²) in [5, 5.41) is 12.9. The Hall–Kier alpha value is -1.77. The molecule has 0 aliphatic heterocycles. The molecule has 0 aromatic heterocycles. The van der Waals surface area contributed by atoms with Crippen LogP contribution in [-0.2, 0) is 4.79 Å². The van der Waals surface area contributed by atoms with Crippen LogP contribution in [-0.4, -0.2) is 24.0 Å². The normalized spacial score (nSPS) is 13.6. The predicted molar refractivity (Wildman–Crippen MR) is 45.4 cm³/mol. The molecule has 0 saturated carbocycles. The van der Waals surface area contributed by atoms with Gasteiger partial charge in [-0.3, -0.25) is 4.79 Å². The van der Waals surface area contributed by atoms with Gasteiger partial charge in [0.25, 0.3) is 0 Å². The average molecular weight is 184 g/mol. The zero-order valence-electron chi connectivity index (χ0n) is 7.50. The topological polar surface area (TPSA) is 108 Å². The van der Waals surface area contributed by atoms with Gasteiger partial charge in [-0.15, -0.1) is 0 Å². The lowest BCUT2D eigenvalue weighted by atomic mass is 10.3. The van der Waals surface area contributed by atoms with E-state index in [0.717, 1.165) is 0 Å². The van der Waals surface area contributed by atoms with Crippen molar-refractivity contribution in [2.45, 2.75) is 25.9 Å². The molecule has 0 spiro atoms. The summed E-state index contributed by atoms with van der Waals surface area (Å²) in [4.78, 5) is 21.5. The number of hydrogen-bond donors (Lipinski definition) is 3. The van der Waals surface area contributed by atoms with Crippen LogP contribution in [0.5, 0.6) is 0 Å². The Morgan fingerprint density at radius 1 is 1.38 bits per heavy atom. The maximum Gasteiger partial charge on any atom is 0.316 e. The van der Waals surface area contributed by atoms with Crippen molar-refractivity contribution in [1.82, 2.24) is 10.6 Å². The van der Waals surface area contributed by atoms with E-state index in [4.69, 9.17) is 11.0 Å². The number of nitrogens with two attached hydrogens (primary N) is 1. The molecular weight excluding hydrogens is 172 g/mol. The largest absolute Gasteiger partial charge is 0.368 e. The highest BCUT2D eigenvalue weighted by Gasteiger charge is 2.12. The number of urea groups is 1. The number of carbonyl (C=O) groups excluding carboxylic acids is 2. The highest BCUT2D eigenvalue weighted by Crippen LogP contribution is 1.81. The van der Waals surface area contributed by atoms with E-state index in [2.05, 4.69) is 10.6 Å². The molecule has 0 radical (unpaired) electrons. The minimum Gasteiger partial charge on any atom is -0.368 e. The highest BCUT2D eigenvalue weighted by molar-refractivity contribution is 5.85. The summed E-state index contributed by atoms with van der Waals surface area (Å²) in [5.74, 6) is -0.625. The number of amides is 3. The first-order valence-corrected chi connectivity index (χ1v) is 3.73. The van der Waals surface area contributed by atoms with Gasteiger partial charge in [-0.2, -0.15) is 5.26 Å². The molecule has 72 valence electrons. The number of carbonyl (C=O) groups is 2. The molecule has 0 aromatic carbocycles.